The first-order valence-corrected chi connectivity index (χ1v) is 7.63. The Balaban J connectivity index is 2.80. The number of hydrogen-bond donors (Lipinski definition) is 3. The number of carbonyl (C=O) groups is 2. The number of nitriles is 1. The van der Waals surface area contributed by atoms with Gasteiger partial charge in [0.2, 0.25) is 11.8 Å². The summed E-state index contributed by atoms with van der Waals surface area (Å²) < 4.78 is 5.24. The normalized spacial score (nSPS) is 12.7. The Morgan fingerprint density at radius 1 is 1.38 bits per heavy atom. The molecule has 24 heavy (non-hydrogen) atoms. The van der Waals surface area contributed by atoms with Crippen molar-refractivity contribution in [3.8, 4) is 11.8 Å². The summed E-state index contributed by atoms with van der Waals surface area (Å²) in [5.41, 5.74) is 0.235. The lowest BCUT2D eigenvalue weighted by atomic mass is 9.90. The lowest BCUT2D eigenvalue weighted by Crippen LogP contribution is -2.50. The maximum Gasteiger partial charge on any atom is 0.240 e. The van der Waals surface area contributed by atoms with Crippen LogP contribution in [0.1, 0.15) is 27.7 Å². The predicted octanol–water partition coefficient (Wildman–Crippen LogP) is 2.12. The molecule has 0 aromatic heterocycles. The van der Waals surface area contributed by atoms with Gasteiger partial charge in [0.15, 0.2) is 0 Å². The molecule has 7 heteroatoms. The van der Waals surface area contributed by atoms with Gasteiger partial charge < -0.3 is 20.7 Å². The van der Waals surface area contributed by atoms with Crippen molar-refractivity contribution in [3.63, 3.8) is 0 Å². The summed E-state index contributed by atoms with van der Waals surface area (Å²) in [5.74, 6) is 0.0261. The summed E-state index contributed by atoms with van der Waals surface area (Å²) in [6.45, 7) is 6.82. The van der Waals surface area contributed by atoms with Crippen molar-refractivity contribution in [2.24, 2.45) is 5.92 Å². The fourth-order valence-electron chi connectivity index (χ4n) is 1.94. The highest BCUT2D eigenvalue weighted by molar-refractivity contribution is 5.90. The van der Waals surface area contributed by atoms with E-state index >= 15 is 0 Å². The first kappa shape index (κ1) is 19.3. The van der Waals surface area contributed by atoms with Gasteiger partial charge in [-0.15, -0.1) is 0 Å². The van der Waals surface area contributed by atoms with Crippen molar-refractivity contribution in [2.75, 3.05) is 24.3 Å². The summed E-state index contributed by atoms with van der Waals surface area (Å²) in [5, 5.41) is 17.6. The number of benzene rings is 1. The van der Waals surface area contributed by atoms with Gasteiger partial charge in [0.25, 0.3) is 0 Å². The molecule has 0 fully saturated rings. The molecule has 1 rings (SSSR count). The number of rotatable bonds is 7. The van der Waals surface area contributed by atoms with E-state index in [2.05, 4.69) is 22.0 Å². The van der Waals surface area contributed by atoms with Gasteiger partial charge >= 0.3 is 0 Å². The van der Waals surface area contributed by atoms with Crippen LogP contribution in [0.15, 0.2) is 18.2 Å². The molecule has 0 aliphatic rings. The van der Waals surface area contributed by atoms with Crippen molar-refractivity contribution in [3.05, 3.63) is 18.2 Å². The number of amides is 2. The van der Waals surface area contributed by atoms with Gasteiger partial charge in [-0.2, -0.15) is 5.26 Å². The third kappa shape index (κ3) is 5.16. The van der Waals surface area contributed by atoms with E-state index in [1.54, 1.807) is 25.1 Å². The quantitative estimate of drug-likeness (QED) is 0.709. The molecule has 2 amide bonds. The largest absolute Gasteiger partial charge is 0.495 e. The van der Waals surface area contributed by atoms with Gasteiger partial charge in [-0.05, 0) is 31.0 Å². The average molecular weight is 332 g/mol. The zero-order valence-corrected chi connectivity index (χ0v) is 14.7. The van der Waals surface area contributed by atoms with Gasteiger partial charge in [0.05, 0.1) is 25.4 Å². The molecule has 0 bridgehead atoms. The molecule has 0 radical (unpaired) electrons. The topological polar surface area (TPSA) is 103 Å². The van der Waals surface area contributed by atoms with Crippen molar-refractivity contribution in [1.29, 1.82) is 5.26 Å². The van der Waals surface area contributed by atoms with Crippen LogP contribution >= 0.6 is 0 Å². The zero-order valence-electron chi connectivity index (χ0n) is 14.7. The number of ether oxygens (including phenoxy) is 1. The minimum Gasteiger partial charge on any atom is -0.495 e. The van der Waals surface area contributed by atoms with Crippen LogP contribution < -0.4 is 20.7 Å². The SMILES string of the molecule is COc1ccc(NC(C)=O)cc1NCC(=O)N[C@](C)(C#N)C(C)C. The van der Waals surface area contributed by atoms with E-state index in [-0.39, 0.29) is 24.3 Å². The third-order valence-corrected chi connectivity index (χ3v) is 3.75. The summed E-state index contributed by atoms with van der Waals surface area (Å²) >= 11 is 0. The first-order chi connectivity index (χ1) is 11.2. The van der Waals surface area contributed by atoms with Crippen LogP contribution in [0.5, 0.6) is 5.75 Å². The minimum absolute atomic E-state index is 0.0239. The van der Waals surface area contributed by atoms with Crippen molar-refractivity contribution in [1.82, 2.24) is 5.32 Å². The van der Waals surface area contributed by atoms with E-state index in [0.29, 0.717) is 17.1 Å². The molecule has 1 aromatic carbocycles. The number of methoxy groups -OCH3 is 1. The standard InChI is InChI=1S/C17H24N4O3/c1-11(2)17(4,10-18)21-16(23)9-19-14-8-13(20-12(3)22)6-7-15(14)24-5/h6-8,11,19H,9H2,1-5H3,(H,20,22)(H,21,23)/t17-/m1/s1. The number of nitrogens with zero attached hydrogens (tertiary/aromatic N) is 1. The van der Waals surface area contributed by atoms with Crippen LogP contribution in [0.4, 0.5) is 11.4 Å². The van der Waals surface area contributed by atoms with Gasteiger partial charge in [0.1, 0.15) is 11.3 Å². The fourth-order valence-corrected chi connectivity index (χ4v) is 1.94. The summed E-state index contributed by atoms with van der Waals surface area (Å²) in [6, 6.07) is 7.21. The van der Waals surface area contributed by atoms with E-state index < -0.39 is 5.54 Å². The molecule has 0 unspecified atom stereocenters. The second kappa shape index (κ2) is 8.20. The molecule has 0 aliphatic heterocycles. The van der Waals surface area contributed by atoms with Crippen LogP contribution in [0.3, 0.4) is 0 Å². The maximum absolute atomic E-state index is 12.1. The van der Waals surface area contributed by atoms with Crippen LogP contribution in [-0.2, 0) is 9.59 Å². The Kier molecular flexibility index (Phi) is 6.59. The molecule has 0 spiro atoms. The van der Waals surface area contributed by atoms with Crippen LogP contribution in [-0.4, -0.2) is 31.0 Å². The Morgan fingerprint density at radius 3 is 2.54 bits per heavy atom. The Hall–Kier alpha value is -2.75. The van der Waals surface area contributed by atoms with E-state index in [9.17, 15) is 14.9 Å². The van der Waals surface area contributed by atoms with E-state index in [1.807, 2.05) is 13.8 Å². The van der Waals surface area contributed by atoms with Gasteiger partial charge in [0, 0.05) is 12.6 Å². The molecule has 1 atom stereocenters. The maximum atomic E-state index is 12.1. The van der Waals surface area contributed by atoms with Gasteiger partial charge in [-0.25, -0.2) is 0 Å². The summed E-state index contributed by atoms with van der Waals surface area (Å²) in [6.07, 6.45) is 0. The highest BCUT2D eigenvalue weighted by Gasteiger charge is 2.29. The molecule has 7 nitrogen and oxygen atoms in total. The van der Waals surface area contributed by atoms with Crippen LogP contribution in [0.2, 0.25) is 0 Å². The molecule has 130 valence electrons. The number of anilines is 2. The fraction of sp³-hybridized carbons (Fsp3) is 0.471. The van der Waals surface area contributed by atoms with Gasteiger partial charge in [-0.1, -0.05) is 13.8 Å². The van der Waals surface area contributed by atoms with Crippen molar-refractivity contribution >= 4 is 23.2 Å². The van der Waals surface area contributed by atoms with Crippen molar-refractivity contribution in [2.45, 2.75) is 33.2 Å². The average Bonchev–Trinajstić information content (AvgIpc) is 2.52. The Labute approximate surface area is 142 Å². The second-order valence-electron chi connectivity index (χ2n) is 5.97. The third-order valence-electron chi connectivity index (χ3n) is 3.75. The van der Waals surface area contributed by atoms with E-state index in [4.69, 9.17) is 4.74 Å². The van der Waals surface area contributed by atoms with Gasteiger partial charge in [-0.3, -0.25) is 9.59 Å². The molecule has 0 saturated carbocycles. The smallest absolute Gasteiger partial charge is 0.240 e. The summed E-state index contributed by atoms with van der Waals surface area (Å²) in [4.78, 5) is 23.3. The first-order valence-electron chi connectivity index (χ1n) is 7.63. The Bertz CT molecular complexity index is 652. The van der Waals surface area contributed by atoms with E-state index in [0.717, 1.165) is 0 Å². The molecule has 1 aromatic rings. The molecular weight excluding hydrogens is 308 g/mol. The second-order valence-corrected chi connectivity index (χ2v) is 5.97. The molecular formula is C17H24N4O3. The molecule has 0 saturated heterocycles. The number of nitrogens with one attached hydrogen (secondary N) is 3. The van der Waals surface area contributed by atoms with Crippen molar-refractivity contribution < 1.29 is 14.3 Å². The highest BCUT2D eigenvalue weighted by atomic mass is 16.5. The van der Waals surface area contributed by atoms with Crippen LogP contribution in [0.25, 0.3) is 0 Å². The molecule has 0 aliphatic carbocycles. The molecule has 0 heterocycles. The number of hydrogen-bond acceptors (Lipinski definition) is 5. The predicted molar refractivity (Wildman–Crippen MR) is 92.8 cm³/mol. The highest BCUT2D eigenvalue weighted by Crippen LogP contribution is 2.27. The monoisotopic (exact) mass is 332 g/mol. The lowest BCUT2D eigenvalue weighted by molar-refractivity contribution is -0.121. The Morgan fingerprint density at radius 2 is 2.04 bits per heavy atom. The molecule has 3 N–H and O–H groups in total. The lowest BCUT2D eigenvalue weighted by Gasteiger charge is -2.27. The number of carbonyl (C=O) groups excluding carboxylic acids is 2. The summed E-state index contributed by atoms with van der Waals surface area (Å²) in [7, 11) is 1.52. The van der Waals surface area contributed by atoms with E-state index in [1.165, 1.54) is 14.0 Å². The minimum atomic E-state index is -0.930. The van der Waals surface area contributed by atoms with Crippen LogP contribution in [0, 0.1) is 17.2 Å². The zero-order chi connectivity index (χ0) is 18.3.